The molecule has 126 valence electrons. The van der Waals surface area contributed by atoms with Gasteiger partial charge in [-0.15, -0.1) is 0 Å². The van der Waals surface area contributed by atoms with Gasteiger partial charge in [-0.25, -0.2) is 0 Å². The first-order valence-electron chi connectivity index (χ1n) is 9.52. The van der Waals surface area contributed by atoms with Crippen LogP contribution < -0.4 is 4.74 Å². The van der Waals surface area contributed by atoms with Crippen molar-refractivity contribution in [1.82, 2.24) is 9.80 Å². The van der Waals surface area contributed by atoms with Crippen LogP contribution in [0.3, 0.4) is 0 Å². The van der Waals surface area contributed by atoms with E-state index in [0.717, 1.165) is 12.3 Å². The van der Waals surface area contributed by atoms with Crippen molar-refractivity contribution in [3.05, 3.63) is 29.3 Å². The van der Waals surface area contributed by atoms with Crippen molar-refractivity contribution in [2.75, 3.05) is 32.7 Å². The summed E-state index contributed by atoms with van der Waals surface area (Å²) in [5, 5.41) is 0. The van der Waals surface area contributed by atoms with Gasteiger partial charge < -0.3 is 9.64 Å². The first-order valence-corrected chi connectivity index (χ1v) is 9.52. The number of fused-ring (bicyclic) bond motifs is 1. The predicted octanol–water partition coefficient (Wildman–Crippen LogP) is 3.46. The van der Waals surface area contributed by atoms with Crippen LogP contribution in [0.15, 0.2) is 18.2 Å². The zero-order chi connectivity index (χ0) is 15.7. The minimum Gasteiger partial charge on any atom is -0.487 e. The van der Waals surface area contributed by atoms with E-state index >= 15 is 0 Å². The summed E-state index contributed by atoms with van der Waals surface area (Å²) >= 11 is 0. The molecule has 0 amide bonds. The summed E-state index contributed by atoms with van der Waals surface area (Å²) in [5.41, 5.74) is 3.02. The van der Waals surface area contributed by atoms with E-state index in [1.807, 2.05) is 0 Å². The average Bonchev–Trinajstić information content (AvgIpc) is 3.09. The number of piperidine rings is 1. The molecule has 23 heavy (non-hydrogen) atoms. The van der Waals surface area contributed by atoms with Gasteiger partial charge in [0.05, 0.1) is 0 Å². The summed E-state index contributed by atoms with van der Waals surface area (Å²) in [6, 6.07) is 6.94. The molecule has 4 rings (SSSR count). The molecule has 0 N–H and O–H groups in total. The molecule has 2 fully saturated rings. The van der Waals surface area contributed by atoms with E-state index in [2.05, 4.69) is 34.9 Å². The van der Waals surface area contributed by atoms with E-state index in [1.54, 1.807) is 0 Å². The highest BCUT2D eigenvalue weighted by Crippen LogP contribution is 2.39. The van der Waals surface area contributed by atoms with Crippen LogP contribution in [0.5, 0.6) is 5.75 Å². The monoisotopic (exact) mass is 314 g/mol. The molecule has 2 saturated heterocycles. The fourth-order valence-corrected chi connectivity index (χ4v) is 4.50. The number of aryl methyl sites for hydroxylation is 1. The van der Waals surface area contributed by atoms with Crippen LogP contribution in [0, 0.1) is 0 Å². The number of likely N-dealkylation sites (tertiary alicyclic amines) is 2. The summed E-state index contributed by atoms with van der Waals surface area (Å²) < 4.78 is 6.54. The third-order valence-electron chi connectivity index (χ3n) is 6.12. The van der Waals surface area contributed by atoms with Gasteiger partial charge in [0.25, 0.3) is 0 Å². The smallest absolute Gasteiger partial charge is 0.123 e. The molecule has 0 unspecified atom stereocenters. The van der Waals surface area contributed by atoms with Crippen molar-refractivity contribution in [3.63, 3.8) is 0 Å². The lowest BCUT2D eigenvalue weighted by molar-refractivity contribution is -0.0133. The van der Waals surface area contributed by atoms with Crippen molar-refractivity contribution < 1.29 is 4.74 Å². The van der Waals surface area contributed by atoms with Gasteiger partial charge in [0, 0.05) is 19.6 Å². The zero-order valence-electron chi connectivity index (χ0n) is 14.5. The fraction of sp³-hybridized carbons (Fsp3) is 0.700. The van der Waals surface area contributed by atoms with Crippen molar-refractivity contribution in [2.24, 2.45) is 0 Å². The SMILES string of the molecule is CCN1CCC2(CCc3cc(CN4CCCC4)ccc3O2)CC1. The quantitative estimate of drug-likeness (QED) is 0.850. The predicted molar refractivity (Wildman–Crippen MR) is 94.0 cm³/mol. The molecule has 1 aromatic carbocycles. The molecule has 0 aliphatic carbocycles. The first kappa shape index (κ1) is 15.5. The van der Waals surface area contributed by atoms with Gasteiger partial charge in [0.2, 0.25) is 0 Å². The number of benzene rings is 1. The number of hydrogen-bond acceptors (Lipinski definition) is 3. The van der Waals surface area contributed by atoms with Crippen LogP contribution in [0.2, 0.25) is 0 Å². The van der Waals surface area contributed by atoms with Crippen LogP contribution in [0.4, 0.5) is 0 Å². The normalized spacial score (nSPS) is 24.6. The molecular weight excluding hydrogens is 284 g/mol. The van der Waals surface area contributed by atoms with E-state index in [4.69, 9.17) is 4.74 Å². The Morgan fingerprint density at radius 3 is 2.52 bits per heavy atom. The lowest BCUT2D eigenvalue weighted by atomic mass is 9.83. The Morgan fingerprint density at radius 2 is 1.78 bits per heavy atom. The Morgan fingerprint density at radius 1 is 1.00 bits per heavy atom. The number of ether oxygens (including phenoxy) is 1. The summed E-state index contributed by atoms with van der Waals surface area (Å²) in [5.74, 6) is 1.16. The highest BCUT2D eigenvalue weighted by atomic mass is 16.5. The maximum absolute atomic E-state index is 6.54. The van der Waals surface area contributed by atoms with Crippen molar-refractivity contribution in [3.8, 4) is 5.75 Å². The Bertz CT molecular complexity index is 543. The zero-order valence-corrected chi connectivity index (χ0v) is 14.5. The molecule has 3 heteroatoms. The van der Waals surface area contributed by atoms with Gasteiger partial charge in [0.1, 0.15) is 11.4 Å². The maximum atomic E-state index is 6.54. The standard InChI is InChI=1S/C20H30N2O/c1-2-21-13-9-20(10-14-21)8-7-18-15-17(5-6-19(18)23-20)16-22-11-3-4-12-22/h5-6,15H,2-4,7-14,16H2,1H3. The van der Waals surface area contributed by atoms with Gasteiger partial charge in [-0.1, -0.05) is 19.1 Å². The molecule has 1 spiro atoms. The van der Waals surface area contributed by atoms with Crippen LogP contribution in [0.25, 0.3) is 0 Å². The van der Waals surface area contributed by atoms with Gasteiger partial charge in [0.15, 0.2) is 0 Å². The van der Waals surface area contributed by atoms with E-state index < -0.39 is 0 Å². The lowest BCUT2D eigenvalue weighted by Gasteiger charge is -2.44. The van der Waals surface area contributed by atoms with E-state index in [0.29, 0.717) is 0 Å². The molecule has 3 heterocycles. The molecule has 0 saturated carbocycles. The molecular formula is C20H30N2O. The Labute approximate surface area is 140 Å². The number of rotatable bonds is 3. The molecule has 0 radical (unpaired) electrons. The van der Waals surface area contributed by atoms with E-state index in [1.165, 1.54) is 82.4 Å². The van der Waals surface area contributed by atoms with Gasteiger partial charge in [-0.3, -0.25) is 4.90 Å². The first-order chi connectivity index (χ1) is 11.3. The lowest BCUT2D eigenvalue weighted by Crippen LogP contribution is -2.49. The second-order valence-corrected chi connectivity index (χ2v) is 7.64. The Kier molecular flexibility index (Phi) is 4.33. The second-order valence-electron chi connectivity index (χ2n) is 7.64. The largest absolute Gasteiger partial charge is 0.487 e. The minimum absolute atomic E-state index is 0.120. The Hall–Kier alpha value is -1.06. The minimum atomic E-state index is 0.120. The maximum Gasteiger partial charge on any atom is 0.123 e. The molecule has 1 aromatic rings. The topological polar surface area (TPSA) is 15.7 Å². The van der Waals surface area contributed by atoms with Crippen molar-refractivity contribution >= 4 is 0 Å². The molecule has 3 nitrogen and oxygen atoms in total. The molecule has 0 bridgehead atoms. The molecule has 3 aliphatic rings. The van der Waals surface area contributed by atoms with Crippen LogP contribution in [0.1, 0.15) is 50.2 Å². The van der Waals surface area contributed by atoms with Gasteiger partial charge >= 0.3 is 0 Å². The third kappa shape index (κ3) is 3.27. The molecule has 0 atom stereocenters. The van der Waals surface area contributed by atoms with Crippen molar-refractivity contribution in [1.29, 1.82) is 0 Å². The van der Waals surface area contributed by atoms with Gasteiger partial charge in [-0.2, -0.15) is 0 Å². The molecule has 0 aromatic heterocycles. The highest BCUT2D eigenvalue weighted by molar-refractivity contribution is 5.40. The summed E-state index contributed by atoms with van der Waals surface area (Å²) in [4.78, 5) is 5.12. The van der Waals surface area contributed by atoms with Crippen LogP contribution in [-0.4, -0.2) is 48.1 Å². The summed E-state index contributed by atoms with van der Waals surface area (Å²) in [6.07, 6.45) is 7.50. The number of hydrogen-bond donors (Lipinski definition) is 0. The van der Waals surface area contributed by atoms with Crippen LogP contribution >= 0.6 is 0 Å². The summed E-state index contributed by atoms with van der Waals surface area (Å²) in [6.45, 7) is 9.47. The molecule has 3 aliphatic heterocycles. The van der Waals surface area contributed by atoms with E-state index in [9.17, 15) is 0 Å². The van der Waals surface area contributed by atoms with E-state index in [-0.39, 0.29) is 5.60 Å². The second kappa shape index (κ2) is 6.45. The fourth-order valence-electron chi connectivity index (χ4n) is 4.50. The summed E-state index contributed by atoms with van der Waals surface area (Å²) in [7, 11) is 0. The van der Waals surface area contributed by atoms with Crippen LogP contribution in [-0.2, 0) is 13.0 Å². The Balaban J connectivity index is 1.44. The third-order valence-corrected chi connectivity index (χ3v) is 6.12. The van der Waals surface area contributed by atoms with Gasteiger partial charge in [-0.05, 0) is 75.4 Å². The van der Waals surface area contributed by atoms with Crippen molar-refractivity contribution in [2.45, 2.75) is 57.6 Å². The number of nitrogens with zero attached hydrogens (tertiary/aromatic N) is 2. The average molecular weight is 314 g/mol. The highest BCUT2D eigenvalue weighted by Gasteiger charge is 2.39.